The van der Waals surface area contributed by atoms with Crippen molar-refractivity contribution in [3.05, 3.63) is 47.0 Å². The van der Waals surface area contributed by atoms with Crippen molar-refractivity contribution >= 4 is 34.2 Å². The number of nitrogens with one attached hydrogen (secondary N) is 1. The van der Waals surface area contributed by atoms with E-state index in [-0.39, 0.29) is 12.5 Å². The van der Waals surface area contributed by atoms with E-state index in [0.29, 0.717) is 24.8 Å². The number of amides is 3. The van der Waals surface area contributed by atoms with Gasteiger partial charge in [0.2, 0.25) is 5.91 Å². The summed E-state index contributed by atoms with van der Waals surface area (Å²) in [7, 11) is 0. The van der Waals surface area contributed by atoms with E-state index in [1.54, 1.807) is 11.6 Å². The zero-order valence-electron chi connectivity index (χ0n) is 13.8. The average Bonchev–Trinajstić information content (AvgIpc) is 3.09. The highest BCUT2D eigenvalue weighted by Crippen LogP contribution is 2.13. The minimum Gasteiger partial charge on any atom is -0.328 e. The highest BCUT2D eigenvalue weighted by molar-refractivity contribution is 7.13. The van der Waals surface area contributed by atoms with Crippen molar-refractivity contribution in [1.82, 2.24) is 14.8 Å². The number of rotatable bonds is 5. The van der Waals surface area contributed by atoms with Crippen LogP contribution in [0.4, 0.5) is 5.13 Å². The van der Waals surface area contributed by atoms with Gasteiger partial charge in [0.1, 0.15) is 6.54 Å². The van der Waals surface area contributed by atoms with E-state index in [4.69, 9.17) is 0 Å². The molecular formula is C17H18N4O3S. The van der Waals surface area contributed by atoms with Crippen LogP contribution in [0, 0.1) is 6.92 Å². The second-order valence-corrected chi connectivity index (χ2v) is 6.72. The molecule has 1 fully saturated rings. The molecule has 2 aromatic rings. The summed E-state index contributed by atoms with van der Waals surface area (Å²) in [6.45, 7) is 2.98. The maximum atomic E-state index is 12.3. The van der Waals surface area contributed by atoms with Crippen molar-refractivity contribution in [2.24, 2.45) is 0 Å². The van der Waals surface area contributed by atoms with Crippen molar-refractivity contribution in [2.45, 2.75) is 13.5 Å². The van der Waals surface area contributed by atoms with Crippen LogP contribution >= 0.6 is 11.3 Å². The first kappa shape index (κ1) is 17.1. The lowest BCUT2D eigenvalue weighted by atomic mass is 10.1. The number of nitrogens with zero attached hydrogens (tertiary/aromatic N) is 3. The van der Waals surface area contributed by atoms with Gasteiger partial charge in [0.15, 0.2) is 5.13 Å². The van der Waals surface area contributed by atoms with Crippen LogP contribution in [-0.2, 0) is 20.9 Å². The largest absolute Gasteiger partial charge is 0.328 e. The summed E-state index contributed by atoms with van der Waals surface area (Å²) in [5.74, 6) is -1.58. The molecule has 0 radical (unpaired) electrons. The summed E-state index contributed by atoms with van der Waals surface area (Å²) in [5, 5.41) is 4.83. The van der Waals surface area contributed by atoms with Crippen LogP contribution in [0.25, 0.3) is 0 Å². The Balaban J connectivity index is 1.56. The van der Waals surface area contributed by atoms with Gasteiger partial charge >= 0.3 is 11.8 Å². The zero-order chi connectivity index (χ0) is 17.8. The third-order valence-corrected chi connectivity index (χ3v) is 4.59. The molecule has 0 bridgehead atoms. The quantitative estimate of drug-likeness (QED) is 0.816. The lowest BCUT2D eigenvalue weighted by molar-refractivity contribution is -0.157. The van der Waals surface area contributed by atoms with Crippen molar-refractivity contribution in [3.8, 4) is 0 Å². The number of carbonyl (C=O) groups is 3. The van der Waals surface area contributed by atoms with Gasteiger partial charge in [-0.2, -0.15) is 0 Å². The van der Waals surface area contributed by atoms with Gasteiger partial charge in [-0.1, -0.05) is 29.8 Å². The molecule has 7 nitrogen and oxygen atoms in total. The van der Waals surface area contributed by atoms with Crippen molar-refractivity contribution in [2.75, 3.05) is 25.0 Å². The number of aromatic nitrogens is 1. The van der Waals surface area contributed by atoms with E-state index >= 15 is 0 Å². The molecule has 2 heterocycles. The Hall–Kier alpha value is -2.74. The van der Waals surface area contributed by atoms with E-state index in [2.05, 4.69) is 10.3 Å². The average molecular weight is 358 g/mol. The second-order valence-electron chi connectivity index (χ2n) is 5.82. The van der Waals surface area contributed by atoms with Gasteiger partial charge in [-0.05, 0) is 12.5 Å². The Morgan fingerprint density at radius 3 is 2.52 bits per heavy atom. The lowest BCUT2D eigenvalue weighted by Crippen LogP contribution is -2.55. The molecule has 0 spiro atoms. The number of thiazole rings is 1. The van der Waals surface area contributed by atoms with Crippen molar-refractivity contribution in [3.63, 3.8) is 0 Å². The number of hydrogen-bond acceptors (Lipinski definition) is 5. The summed E-state index contributed by atoms with van der Waals surface area (Å²) >= 11 is 1.30. The van der Waals surface area contributed by atoms with Gasteiger partial charge in [0.05, 0.1) is 0 Å². The lowest BCUT2D eigenvalue weighted by Gasteiger charge is -2.33. The summed E-state index contributed by atoms with van der Waals surface area (Å²) < 4.78 is 0. The molecular weight excluding hydrogens is 340 g/mol. The first-order valence-corrected chi connectivity index (χ1v) is 8.74. The van der Waals surface area contributed by atoms with Crippen molar-refractivity contribution in [1.29, 1.82) is 0 Å². The molecule has 8 heteroatoms. The Morgan fingerprint density at radius 2 is 1.84 bits per heavy atom. The third-order valence-electron chi connectivity index (χ3n) is 3.90. The number of aryl methyl sites for hydroxylation is 1. The van der Waals surface area contributed by atoms with Gasteiger partial charge < -0.3 is 15.1 Å². The minimum atomic E-state index is -0.646. The minimum absolute atomic E-state index is 0.150. The van der Waals surface area contributed by atoms with Gasteiger partial charge in [0, 0.05) is 31.2 Å². The highest BCUT2D eigenvalue weighted by atomic mass is 32.1. The smallest absolute Gasteiger partial charge is 0.312 e. The Bertz CT molecular complexity index is 774. The standard InChI is InChI=1S/C17H18N4O3S/c1-12-2-4-13(5-3-12)10-20-7-8-21(16(24)15(20)23)11-14(22)19-17-18-6-9-25-17/h2-6,9H,7-8,10-11H2,1H3,(H,18,19,22). The van der Waals surface area contributed by atoms with E-state index in [0.717, 1.165) is 11.1 Å². The van der Waals surface area contributed by atoms with E-state index < -0.39 is 11.8 Å². The molecule has 0 atom stereocenters. The Labute approximate surface area is 149 Å². The molecule has 1 N–H and O–H groups in total. The number of hydrogen-bond donors (Lipinski definition) is 1. The number of carbonyl (C=O) groups excluding carboxylic acids is 3. The van der Waals surface area contributed by atoms with Gasteiger partial charge in [-0.3, -0.25) is 14.4 Å². The maximum Gasteiger partial charge on any atom is 0.312 e. The molecule has 1 aliphatic heterocycles. The monoisotopic (exact) mass is 358 g/mol. The molecule has 1 aromatic heterocycles. The summed E-state index contributed by atoms with van der Waals surface area (Å²) in [5.41, 5.74) is 2.11. The number of anilines is 1. The summed E-state index contributed by atoms with van der Waals surface area (Å²) in [4.78, 5) is 43.3. The van der Waals surface area contributed by atoms with Crippen LogP contribution in [0.5, 0.6) is 0 Å². The molecule has 0 aliphatic carbocycles. The van der Waals surface area contributed by atoms with E-state index in [9.17, 15) is 14.4 Å². The second kappa shape index (κ2) is 7.43. The van der Waals surface area contributed by atoms with Crippen LogP contribution in [0.2, 0.25) is 0 Å². The number of benzene rings is 1. The molecule has 1 saturated heterocycles. The normalized spacial score (nSPS) is 14.8. The fourth-order valence-corrected chi connectivity index (χ4v) is 3.09. The van der Waals surface area contributed by atoms with Gasteiger partial charge in [0.25, 0.3) is 0 Å². The Morgan fingerprint density at radius 1 is 1.16 bits per heavy atom. The van der Waals surface area contributed by atoms with Gasteiger partial charge in [-0.15, -0.1) is 11.3 Å². The molecule has 130 valence electrons. The first-order chi connectivity index (χ1) is 12.0. The van der Waals surface area contributed by atoms with Crippen LogP contribution in [0.1, 0.15) is 11.1 Å². The molecule has 3 amide bonds. The van der Waals surface area contributed by atoms with Crippen LogP contribution in [-0.4, -0.2) is 52.1 Å². The highest BCUT2D eigenvalue weighted by Gasteiger charge is 2.33. The molecule has 1 aromatic carbocycles. The predicted octanol–water partition coefficient (Wildman–Crippen LogP) is 1.26. The van der Waals surface area contributed by atoms with E-state index in [1.165, 1.54) is 21.1 Å². The summed E-state index contributed by atoms with van der Waals surface area (Å²) in [6, 6.07) is 7.84. The van der Waals surface area contributed by atoms with Crippen LogP contribution in [0.3, 0.4) is 0 Å². The fraction of sp³-hybridized carbons (Fsp3) is 0.294. The third kappa shape index (κ3) is 4.21. The maximum absolute atomic E-state index is 12.3. The zero-order valence-corrected chi connectivity index (χ0v) is 14.6. The summed E-state index contributed by atoms with van der Waals surface area (Å²) in [6.07, 6.45) is 1.58. The fourth-order valence-electron chi connectivity index (χ4n) is 2.55. The molecule has 1 aliphatic rings. The predicted molar refractivity (Wildman–Crippen MR) is 93.9 cm³/mol. The van der Waals surface area contributed by atoms with Crippen molar-refractivity contribution < 1.29 is 14.4 Å². The molecule has 0 unspecified atom stereocenters. The topological polar surface area (TPSA) is 82.6 Å². The number of piperazine rings is 1. The molecule has 0 saturated carbocycles. The molecule has 25 heavy (non-hydrogen) atoms. The Kier molecular flexibility index (Phi) is 5.08. The van der Waals surface area contributed by atoms with Crippen LogP contribution in [0.15, 0.2) is 35.8 Å². The SMILES string of the molecule is Cc1ccc(CN2CCN(CC(=O)Nc3nccs3)C(=O)C2=O)cc1. The first-order valence-electron chi connectivity index (χ1n) is 7.86. The molecule has 3 rings (SSSR count). The van der Waals surface area contributed by atoms with Gasteiger partial charge in [-0.25, -0.2) is 4.98 Å². The van der Waals surface area contributed by atoms with Crippen LogP contribution < -0.4 is 5.32 Å². The van der Waals surface area contributed by atoms with E-state index in [1.807, 2.05) is 31.2 Å².